The van der Waals surface area contributed by atoms with Crippen molar-refractivity contribution in [2.75, 3.05) is 5.32 Å². The second-order valence-electron chi connectivity index (χ2n) is 6.60. The number of para-hydroxylation sites is 1. The van der Waals surface area contributed by atoms with E-state index >= 15 is 0 Å². The lowest BCUT2D eigenvalue weighted by molar-refractivity contribution is -0.122. The van der Waals surface area contributed by atoms with Crippen molar-refractivity contribution >= 4 is 11.7 Å². The van der Waals surface area contributed by atoms with Crippen LogP contribution in [-0.2, 0) is 10.2 Å². The number of hydrogen-bond donors (Lipinski definition) is 1. The molecule has 1 heterocycles. The third-order valence-corrected chi connectivity index (χ3v) is 3.53. The van der Waals surface area contributed by atoms with Gasteiger partial charge in [-0.25, -0.2) is 0 Å². The molecule has 0 saturated heterocycles. The van der Waals surface area contributed by atoms with Crippen LogP contribution in [0, 0.1) is 6.92 Å². The second kappa shape index (κ2) is 6.86. The molecule has 0 unspecified atom stereocenters. The van der Waals surface area contributed by atoms with Gasteiger partial charge in [0.05, 0.1) is 0 Å². The van der Waals surface area contributed by atoms with Gasteiger partial charge in [0, 0.05) is 11.5 Å². The summed E-state index contributed by atoms with van der Waals surface area (Å²) in [7, 11) is 0. The van der Waals surface area contributed by atoms with Gasteiger partial charge in [0.1, 0.15) is 11.5 Å². The Labute approximate surface area is 137 Å². The van der Waals surface area contributed by atoms with Crippen LogP contribution < -0.4 is 10.1 Å². The molecule has 5 nitrogen and oxygen atoms in total. The SMILES string of the molecule is CC[C@@H](Oc1ccccc1C)C(=O)Nc1cc(C(C)(C)C)on1. The number of anilines is 1. The number of aromatic nitrogens is 1. The highest BCUT2D eigenvalue weighted by Gasteiger charge is 2.23. The first kappa shape index (κ1) is 17.1. The Morgan fingerprint density at radius 1 is 1.35 bits per heavy atom. The molecule has 0 aliphatic rings. The summed E-state index contributed by atoms with van der Waals surface area (Å²) in [5.74, 6) is 1.61. The van der Waals surface area contributed by atoms with Crippen molar-refractivity contribution in [1.29, 1.82) is 0 Å². The predicted octanol–water partition coefficient (Wildman–Crippen LogP) is 4.08. The fourth-order valence-electron chi connectivity index (χ4n) is 2.06. The highest BCUT2D eigenvalue weighted by Crippen LogP contribution is 2.25. The molecule has 1 aromatic heterocycles. The van der Waals surface area contributed by atoms with Gasteiger partial charge in [-0.2, -0.15) is 0 Å². The lowest BCUT2D eigenvalue weighted by Crippen LogP contribution is -2.32. The van der Waals surface area contributed by atoms with Gasteiger partial charge >= 0.3 is 0 Å². The van der Waals surface area contributed by atoms with Crippen LogP contribution in [-0.4, -0.2) is 17.2 Å². The maximum absolute atomic E-state index is 12.4. The summed E-state index contributed by atoms with van der Waals surface area (Å²) in [4.78, 5) is 12.4. The van der Waals surface area contributed by atoms with Gasteiger partial charge in [-0.15, -0.1) is 0 Å². The molecule has 0 saturated carbocycles. The van der Waals surface area contributed by atoms with E-state index in [4.69, 9.17) is 9.26 Å². The molecular formula is C18H24N2O3. The summed E-state index contributed by atoms with van der Waals surface area (Å²) in [6.07, 6.45) is -0.0182. The van der Waals surface area contributed by atoms with E-state index in [1.54, 1.807) is 6.07 Å². The largest absolute Gasteiger partial charge is 0.480 e. The number of hydrogen-bond acceptors (Lipinski definition) is 4. The highest BCUT2D eigenvalue weighted by molar-refractivity contribution is 5.93. The fraction of sp³-hybridized carbons (Fsp3) is 0.444. The molecule has 23 heavy (non-hydrogen) atoms. The average molecular weight is 316 g/mol. The second-order valence-corrected chi connectivity index (χ2v) is 6.60. The summed E-state index contributed by atoms with van der Waals surface area (Å²) in [5.41, 5.74) is 0.841. The molecule has 0 aliphatic heterocycles. The number of benzene rings is 1. The van der Waals surface area contributed by atoms with Gasteiger partial charge in [-0.1, -0.05) is 51.1 Å². The van der Waals surface area contributed by atoms with Crippen molar-refractivity contribution < 1.29 is 14.1 Å². The number of amides is 1. The molecule has 0 fully saturated rings. The van der Waals surface area contributed by atoms with Crippen LogP contribution in [0.25, 0.3) is 0 Å². The molecule has 0 aliphatic carbocycles. The molecule has 124 valence electrons. The van der Waals surface area contributed by atoms with Gasteiger partial charge in [0.2, 0.25) is 0 Å². The topological polar surface area (TPSA) is 64.4 Å². The van der Waals surface area contributed by atoms with Crippen LogP contribution >= 0.6 is 0 Å². The van der Waals surface area contributed by atoms with Gasteiger partial charge in [-0.3, -0.25) is 4.79 Å². The number of ether oxygens (including phenoxy) is 1. The van der Waals surface area contributed by atoms with Gasteiger partial charge < -0.3 is 14.6 Å². The molecule has 1 aromatic carbocycles. The first-order valence-corrected chi connectivity index (χ1v) is 7.81. The van der Waals surface area contributed by atoms with E-state index in [0.29, 0.717) is 18.0 Å². The van der Waals surface area contributed by atoms with Crippen LogP contribution in [0.15, 0.2) is 34.9 Å². The zero-order valence-electron chi connectivity index (χ0n) is 14.3. The maximum Gasteiger partial charge on any atom is 0.266 e. The van der Waals surface area contributed by atoms with E-state index in [0.717, 1.165) is 11.3 Å². The van der Waals surface area contributed by atoms with E-state index in [2.05, 4.69) is 10.5 Å². The summed E-state index contributed by atoms with van der Waals surface area (Å²) < 4.78 is 11.1. The van der Waals surface area contributed by atoms with E-state index < -0.39 is 6.10 Å². The Morgan fingerprint density at radius 2 is 2.04 bits per heavy atom. The van der Waals surface area contributed by atoms with Crippen LogP contribution in [0.1, 0.15) is 45.4 Å². The summed E-state index contributed by atoms with van der Waals surface area (Å²) in [6, 6.07) is 9.39. The van der Waals surface area contributed by atoms with Crippen molar-refractivity contribution in [2.24, 2.45) is 0 Å². The van der Waals surface area contributed by atoms with Crippen molar-refractivity contribution in [2.45, 2.75) is 52.6 Å². The van der Waals surface area contributed by atoms with E-state index in [1.165, 1.54) is 0 Å². The molecule has 5 heteroatoms. The van der Waals surface area contributed by atoms with E-state index in [-0.39, 0.29) is 11.3 Å². The van der Waals surface area contributed by atoms with Gasteiger partial charge in [-0.05, 0) is 25.0 Å². The maximum atomic E-state index is 12.4. The first-order valence-electron chi connectivity index (χ1n) is 7.81. The zero-order chi connectivity index (χ0) is 17.0. The first-order chi connectivity index (χ1) is 10.8. The third-order valence-electron chi connectivity index (χ3n) is 3.53. The molecule has 1 N–H and O–H groups in total. The lowest BCUT2D eigenvalue weighted by Gasteiger charge is -2.17. The minimum atomic E-state index is -0.578. The van der Waals surface area contributed by atoms with Crippen molar-refractivity contribution in [3.63, 3.8) is 0 Å². The summed E-state index contributed by atoms with van der Waals surface area (Å²) >= 11 is 0. The highest BCUT2D eigenvalue weighted by atomic mass is 16.5. The molecule has 2 rings (SSSR count). The summed E-state index contributed by atoms with van der Waals surface area (Å²) in [6.45, 7) is 9.93. The van der Waals surface area contributed by atoms with Crippen molar-refractivity contribution in [3.8, 4) is 5.75 Å². The zero-order valence-corrected chi connectivity index (χ0v) is 14.3. The molecule has 0 radical (unpaired) electrons. The number of nitrogens with one attached hydrogen (secondary N) is 1. The number of nitrogens with zero attached hydrogens (tertiary/aromatic N) is 1. The Hall–Kier alpha value is -2.30. The van der Waals surface area contributed by atoms with E-state index in [9.17, 15) is 4.79 Å². The number of carbonyl (C=O) groups excluding carboxylic acids is 1. The molecule has 0 bridgehead atoms. The Balaban J connectivity index is 2.06. The average Bonchev–Trinajstić information content (AvgIpc) is 2.95. The molecule has 1 amide bonds. The van der Waals surface area contributed by atoms with Crippen molar-refractivity contribution in [3.05, 3.63) is 41.7 Å². The monoisotopic (exact) mass is 316 g/mol. The van der Waals surface area contributed by atoms with Crippen LogP contribution in [0.3, 0.4) is 0 Å². The number of carbonyl (C=O) groups is 1. The molecule has 1 atom stereocenters. The van der Waals surface area contributed by atoms with Crippen LogP contribution in [0.2, 0.25) is 0 Å². The molecular weight excluding hydrogens is 292 g/mol. The fourth-order valence-corrected chi connectivity index (χ4v) is 2.06. The van der Waals surface area contributed by atoms with Gasteiger partial charge in [0.25, 0.3) is 5.91 Å². The summed E-state index contributed by atoms with van der Waals surface area (Å²) in [5, 5.41) is 6.66. The predicted molar refractivity (Wildman–Crippen MR) is 89.7 cm³/mol. The Kier molecular flexibility index (Phi) is 5.08. The van der Waals surface area contributed by atoms with Gasteiger partial charge in [0.15, 0.2) is 11.9 Å². The minimum Gasteiger partial charge on any atom is -0.480 e. The van der Waals surface area contributed by atoms with Crippen LogP contribution in [0.4, 0.5) is 5.82 Å². The third kappa shape index (κ3) is 4.34. The Bertz CT molecular complexity index is 671. The molecule has 2 aromatic rings. The lowest BCUT2D eigenvalue weighted by atomic mass is 9.93. The normalized spacial score (nSPS) is 12.7. The Morgan fingerprint density at radius 3 is 2.61 bits per heavy atom. The molecule has 0 spiro atoms. The standard InChI is InChI=1S/C18H24N2O3/c1-6-13(22-14-10-8-7-9-12(14)2)17(21)19-16-11-15(23-20-16)18(3,4)5/h7-11,13H,6H2,1-5H3,(H,19,20,21)/t13-/m1/s1. The number of rotatable bonds is 5. The van der Waals surface area contributed by atoms with Crippen molar-refractivity contribution in [1.82, 2.24) is 5.16 Å². The smallest absolute Gasteiger partial charge is 0.266 e. The van der Waals surface area contributed by atoms with E-state index in [1.807, 2.05) is 58.9 Å². The minimum absolute atomic E-state index is 0.155. The quantitative estimate of drug-likeness (QED) is 0.903. The number of aryl methyl sites for hydroxylation is 1. The van der Waals surface area contributed by atoms with Crippen LogP contribution in [0.5, 0.6) is 5.75 Å².